The molecular weight excluding hydrogens is 426 g/mol. The second kappa shape index (κ2) is 11.9. The highest BCUT2D eigenvalue weighted by Gasteiger charge is 2.39. The summed E-state index contributed by atoms with van der Waals surface area (Å²) < 4.78 is 10.4. The first-order valence-electron chi connectivity index (χ1n) is 10.5. The van der Waals surface area contributed by atoms with Gasteiger partial charge in [-0.3, -0.25) is 20.4 Å². The minimum Gasteiger partial charge on any atom is -0.484 e. The van der Waals surface area contributed by atoms with E-state index in [1.54, 1.807) is 37.3 Å². The third-order valence-electron chi connectivity index (χ3n) is 5.19. The van der Waals surface area contributed by atoms with Crippen molar-refractivity contribution in [3.63, 3.8) is 0 Å². The van der Waals surface area contributed by atoms with Crippen molar-refractivity contribution in [3.05, 3.63) is 53.3 Å². The van der Waals surface area contributed by atoms with Crippen molar-refractivity contribution in [1.29, 1.82) is 10.8 Å². The predicted octanol–water partition coefficient (Wildman–Crippen LogP) is 1.75. The highest BCUT2D eigenvalue weighted by atomic mass is 16.5. The zero-order valence-corrected chi connectivity index (χ0v) is 19.1. The molecule has 1 saturated heterocycles. The van der Waals surface area contributed by atoms with E-state index >= 15 is 0 Å². The van der Waals surface area contributed by atoms with Crippen molar-refractivity contribution in [1.82, 2.24) is 4.90 Å². The number of aliphatic hydroxyl groups is 1. The molecule has 33 heavy (non-hydrogen) atoms. The molecule has 10 nitrogen and oxygen atoms in total. The molecule has 0 aliphatic carbocycles. The quantitative estimate of drug-likeness (QED) is 0.216. The van der Waals surface area contributed by atoms with Gasteiger partial charge in [0.1, 0.15) is 5.84 Å². The Morgan fingerprint density at radius 2 is 2.06 bits per heavy atom. The van der Waals surface area contributed by atoms with Crippen LogP contribution in [0.1, 0.15) is 32.3 Å². The molecule has 178 valence electrons. The van der Waals surface area contributed by atoms with Crippen molar-refractivity contribution >= 4 is 29.2 Å². The van der Waals surface area contributed by atoms with Gasteiger partial charge >= 0.3 is 0 Å². The summed E-state index contributed by atoms with van der Waals surface area (Å²) in [5.74, 6) is -1.30. The predicted molar refractivity (Wildman–Crippen MR) is 125 cm³/mol. The maximum absolute atomic E-state index is 13.1. The van der Waals surface area contributed by atoms with Crippen LogP contribution in [0.5, 0.6) is 0 Å². The largest absolute Gasteiger partial charge is 0.484 e. The number of hydrogen-bond donors (Lipinski definition) is 5. The first-order valence-corrected chi connectivity index (χ1v) is 10.5. The van der Waals surface area contributed by atoms with Gasteiger partial charge in [0.05, 0.1) is 13.7 Å². The number of nitrogens with zero attached hydrogens (tertiary/aromatic N) is 1. The van der Waals surface area contributed by atoms with Crippen molar-refractivity contribution in [2.75, 3.05) is 25.6 Å². The number of nitrogens with one attached hydrogen (secondary N) is 3. The third kappa shape index (κ3) is 6.74. The maximum atomic E-state index is 13.1. The van der Waals surface area contributed by atoms with Gasteiger partial charge in [0.2, 0.25) is 0 Å². The maximum Gasteiger partial charge on any atom is 0.259 e. The summed E-state index contributed by atoms with van der Waals surface area (Å²) in [6, 6.07) is 6.22. The fourth-order valence-corrected chi connectivity index (χ4v) is 3.26. The lowest BCUT2D eigenvalue weighted by molar-refractivity contribution is -0.163. The van der Waals surface area contributed by atoms with Gasteiger partial charge in [0.15, 0.2) is 18.1 Å². The van der Waals surface area contributed by atoms with Crippen LogP contribution >= 0.6 is 0 Å². The molecule has 1 aromatic carbocycles. The number of hydrogen-bond acceptors (Lipinski definition) is 7. The average molecular weight is 458 g/mol. The van der Waals surface area contributed by atoms with Crippen molar-refractivity contribution in [2.45, 2.75) is 38.9 Å². The first-order chi connectivity index (χ1) is 15.7. The van der Waals surface area contributed by atoms with Crippen LogP contribution in [0.25, 0.3) is 0 Å². The van der Waals surface area contributed by atoms with Crippen molar-refractivity contribution in [3.8, 4) is 0 Å². The van der Waals surface area contributed by atoms with E-state index in [2.05, 4.69) is 5.32 Å². The Morgan fingerprint density at radius 3 is 2.61 bits per heavy atom. The molecule has 2 rings (SSSR count). The number of ether oxygens (including phenoxy) is 2. The standard InChI is InChI=1S/C23H31N5O5/c1-4-14(13-18(24)32-3)12-17(5-2)28-10-11-33-20(23(28)31)19(29)22(30)27-16-8-6-15(7-9-16)21(25)26/h5-9,12,19-20,24,29H,4,10-11,13H2,1-3H3,(H3,25,26)(H,27,30). The number of allylic oxidation sites excluding steroid dienone is 2. The minimum absolute atomic E-state index is 0.103. The molecular formula is C23H31N5O5. The van der Waals surface area contributed by atoms with Gasteiger partial charge < -0.3 is 30.5 Å². The highest BCUT2D eigenvalue weighted by molar-refractivity contribution is 6.00. The molecule has 1 aromatic rings. The summed E-state index contributed by atoms with van der Waals surface area (Å²) in [6.45, 7) is 4.15. The number of nitrogens with two attached hydrogens (primary N) is 1. The highest BCUT2D eigenvalue weighted by Crippen LogP contribution is 2.21. The number of anilines is 1. The Kier molecular flexibility index (Phi) is 9.31. The average Bonchev–Trinajstić information content (AvgIpc) is 2.81. The number of aliphatic hydroxyl groups excluding tert-OH is 1. The molecule has 1 fully saturated rings. The molecule has 0 radical (unpaired) electrons. The van der Waals surface area contributed by atoms with Gasteiger partial charge in [-0.25, -0.2) is 0 Å². The Balaban J connectivity index is 2.13. The van der Waals surface area contributed by atoms with Crippen LogP contribution in [-0.4, -0.2) is 66.0 Å². The van der Waals surface area contributed by atoms with E-state index in [9.17, 15) is 14.7 Å². The zero-order chi connectivity index (χ0) is 24.5. The number of morpholine rings is 1. The summed E-state index contributed by atoms with van der Waals surface area (Å²) in [4.78, 5) is 27.1. The van der Waals surface area contributed by atoms with E-state index in [1.165, 1.54) is 12.0 Å². The normalized spacial score (nSPS) is 18.0. The van der Waals surface area contributed by atoms with Crippen molar-refractivity contribution < 1.29 is 24.2 Å². The van der Waals surface area contributed by atoms with Crippen LogP contribution in [0.4, 0.5) is 5.69 Å². The Bertz CT molecular complexity index is 954. The van der Waals surface area contributed by atoms with Crippen LogP contribution in [0.2, 0.25) is 0 Å². The van der Waals surface area contributed by atoms with E-state index in [4.69, 9.17) is 26.0 Å². The SMILES string of the molecule is CC=C(C=C(CC)CC(=N)OC)N1CCOC(C(O)C(=O)Nc2ccc(C(=N)N)cc2)C1=O. The van der Waals surface area contributed by atoms with Crippen LogP contribution in [-0.2, 0) is 19.1 Å². The van der Waals surface area contributed by atoms with Gasteiger partial charge in [-0.2, -0.15) is 0 Å². The zero-order valence-electron chi connectivity index (χ0n) is 19.1. The third-order valence-corrected chi connectivity index (χ3v) is 5.19. The number of amides is 2. The Labute approximate surface area is 193 Å². The van der Waals surface area contributed by atoms with E-state index in [1.807, 2.05) is 13.0 Å². The smallest absolute Gasteiger partial charge is 0.259 e. The molecule has 1 aliphatic rings. The number of methoxy groups -OCH3 is 1. The molecule has 2 atom stereocenters. The van der Waals surface area contributed by atoms with Gasteiger partial charge in [0, 0.05) is 29.9 Å². The molecule has 2 unspecified atom stereocenters. The van der Waals surface area contributed by atoms with Crippen molar-refractivity contribution in [2.24, 2.45) is 5.73 Å². The van der Waals surface area contributed by atoms with E-state index in [0.29, 0.717) is 29.8 Å². The monoisotopic (exact) mass is 457 g/mol. The summed E-state index contributed by atoms with van der Waals surface area (Å²) in [5.41, 5.74) is 7.79. The van der Waals surface area contributed by atoms with Gasteiger partial charge in [-0.15, -0.1) is 0 Å². The van der Waals surface area contributed by atoms with E-state index in [-0.39, 0.29) is 24.9 Å². The van der Waals surface area contributed by atoms with Crippen LogP contribution in [0.3, 0.4) is 0 Å². The van der Waals surface area contributed by atoms with Gasteiger partial charge in [-0.1, -0.05) is 18.6 Å². The molecule has 0 bridgehead atoms. The number of amidine groups is 1. The summed E-state index contributed by atoms with van der Waals surface area (Å²) in [5, 5.41) is 28.2. The molecule has 1 heterocycles. The summed E-state index contributed by atoms with van der Waals surface area (Å²) in [7, 11) is 1.44. The Hall–Kier alpha value is -3.50. The fourth-order valence-electron chi connectivity index (χ4n) is 3.26. The number of benzene rings is 1. The van der Waals surface area contributed by atoms with Crippen LogP contribution in [0, 0.1) is 10.8 Å². The molecule has 0 saturated carbocycles. The van der Waals surface area contributed by atoms with E-state index in [0.717, 1.165) is 5.57 Å². The lowest BCUT2D eigenvalue weighted by atomic mass is 10.1. The number of carbonyl (C=O) groups is 2. The molecule has 2 amide bonds. The first kappa shape index (κ1) is 25.8. The number of nitrogen functional groups attached to an aromatic ring is 1. The van der Waals surface area contributed by atoms with Gasteiger partial charge in [-0.05, 0) is 43.7 Å². The lowest BCUT2D eigenvalue weighted by Gasteiger charge is -2.34. The molecule has 0 spiro atoms. The van der Waals surface area contributed by atoms with E-state index < -0.39 is 24.0 Å². The lowest BCUT2D eigenvalue weighted by Crippen LogP contribution is -2.54. The Morgan fingerprint density at radius 1 is 1.39 bits per heavy atom. The molecule has 10 heteroatoms. The molecule has 0 aromatic heterocycles. The topological polar surface area (TPSA) is 162 Å². The number of rotatable bonds is 9. The molecule has 6 N–H and O–H groups in total. The summed E-state index contributed by atoms with van der Waals surface area (Å²) >= 11 is 0. The van der Waals surface area contributed by atoms with Gasteiger partial charge in [0.25, 0.3) is 11.8 Å². The minimum atomic E-state index is -1.72. The summed E-state index contributed by atoms with van der Waals surface area (Å²) in [6.07, 6.45) is 1.48. The van der Waals surface area contributed by atoms with Crippen LogP contribution < -0.4 is 11.1 Å². The number of carbonyl (C=O) groups excluding carboxylic acids is 2. The second-order valence-electron chi connectivity index (χ2n) is 7.38. The van der Waals surface area contributed by atoms with Crippen LogP contribution in [0.15, 0.2) is 47.7 Å². The molecule has 1 aliphatic heterocycles. The fraction of sp³-hybridized carbons (Fsp3) is 0.391. The second-order valence-corrected chi connectivity index (χ2v) is 7.38.